The van der Waals surface area contributed by atoms with E-state index in [9.17, 15) is 9.90 Å². The lowest BCUT2D eigenvalue weighted by Gasteiger charge is -2.18. The van der Waals surface area contributed by atoms with E-state index in [1.165, 1.54) is 0 Å². The summed E-state index contributed by atoms with van der Waals surface area (Å²) in [6.07, 6.45) is 4.45. The highest BCUT2D eigenvalue weighted by Crippen LogP contribution is 2.15. The summed E-state index contributed by atoms with van der Waals surface area (Å²) >= 11 is 0. The van der Waals surface area contributed by atoms with Crippen LogP contribution in [0.3, 0.4) is 0 Å². The smallest absolute Gasteiger partial charge is 0.165 e. The molecular formula is C13H19NO2. The summed E-state index contributed by atoms with van der Waals surface area (Å²) in [5.74, 6) is -0.0192. The second-order valence-corrected chi connectivity index (χ2v) is 4.02. The standard InChI is InChI=1S/C13H19NO2/c1-3-11(4-2)13(16)12(15)9-10-5-7-14-8-6-10/h5-8,11,13,16H,3-4,9H2,1-2H3. The first-order valence-corrected chi connectivity index (χ1v) is 5.78. The number of carbonyl (C=O) groups excluding carboxylic acids is 1. The summed E-state index contributed by atoms with van der Waals surface area (Å²) < 4.78 is 0. The van der Waals surface area contributed by atoms with Gasteiger partial charge in [0, 0.05) is 18.8 Å². The van der Waals surface area contributed by atoms with Crippen LogP contribution in [-0.2, 0) is 11.2 Å². The molecule has 88 valence electrons. The average Bonchev–Trinajstić information content (AvgIpc) is 2.31. The lowest BCUT2D eigenvalue weighted by molar-refractivity contribution is -0.129. The van der Waals surface area contributed by atoms with Crippen LogP contribution in [0.25, 0.3) is 0 Å². The van der Waals surface area contributed by atoms with Crippen molar-refractivity contribution in [1.82, 2.24) is 4.98 Å². The molecular weight excluding hydrogens is 202 g/mol. The van der Waals surface area contributed by atoms with Gasteiger partial charge in [-0.1, -0.05) is 26.7 Å². The van der Waals surface area contributed by atoms with Crippen LogP contribution in [0.15, 0.2) is 24.5 Å². The normalized spacial score (nSPS) is 12.8. The van der Waals surface area contributed by atoms with Crippen LogP contribution in [0.4, 0.5) is 0 Å². The molecule has 0 amide bonds. The fraction of sp³-hybridized carbons (Fsp3) is 0.538. The van der Waals surface area contributed by atoms with Gasteiger partial charge in [0.25, 0.3) is 0 Å². The van der Waals surface area contributed by atoms with E-state index < -0.39 is 6.10 Å². The first kappa shape index (κ1) is 12.8. The number of aromatic nitrogens is 1. The minimum absolute atomic E-state index is 0.0781. The summed E-state index contributed by atoms with van der Waals surface area (Å²) in [7, 11) is 0. The van der Waals surface area contributed by atoms with Crippen LogP contribution in [0.2, 0.25) is 0 Å². The summed E-state index contributed by atoms with van der Waals surface area (Å²) in [5.41, 5.74) is 0.907. The molecule has 1 aromatic rings. The maximum absolute atomic E-state index is 11.8. The summed E-state index contributed by atoms with van der Waals surface area (Å²) in [6, 6.07) is 3.61. The molecule has 0 aliphatic rings. The third-order valence-electron chi connectivity index (χ3n) is 2.95. The molecule has 16 heavy (non-hydrogen) atoms. The third kappa shape index (κ3) is 3.42. The molecule has 1 N–H and O–H groups in total. The van der Waals surface area contributed by atoms with Crippen molar-refractivity contribution in [3.8, 4) is 0 Å². The van der Waals surface area contributed by atoms with Crippen LogP contribution < -0.4 is 0 Å². The van der Waals surface area contributed by atoms with Crippen LogP contribution in [0.5, 0.6) is 0 Å². The van der Waals surface area contributed by atoms with E-state index in [1.54, 1.807) is 24.5 Å². The minimum atomic E-state index is -0.830. The summed E-state index contributed by atoms with van der Waals surface area (Å²) in [5, 5.41) is 9.87. The number of ketones is 1. The van der Waals surface area contributed by atoms with E-state index in [-0.39, 0.29) is 11.7 Å². The van der Waals surface area contributed by atoms with Gasteiger partial charge >= 0.3 is 0 Å². The van der Waals surface area contributed by atoms with Gasteiger partial charge in [0.1, 0.15) is 6.10 Å². The number of hydrogen-bond donors (Lipinski definition) is 1. The fourth-order valence-electron chi connectivity index (χ4n) is 1.80. The molecule has 0 aliphatic carbocycles. The Hall–Kier alpha value is -1.22. The number of Topliss-reactive ketones (excluding diaryl/α,β-unsaturated/α-hetero) is 1. The van der Waals surface area contributed by atoms with Gasteiger partial charge in [0.15, 0.2) is 5.78 Å². The van der Waals surface area contributed by atoms with Gasteiger partial charge < -0.3 is 5.11 Å². The molecule has 3 nitrogen and oxygen atoms in total. The number of carbonyl (C=O) groups is 1. The van der Waals surface area contributed by atoms with Crippen molar-refractivity contribution < 1.29 is 9.90 Å². The molecule has 1 heterocycles. The Kier molecular flexibility index (Phi) is 5.12. The predicted molar refractivity (Wildman–Crippen MR) is 63.0 cm³/mol. The molecule has 1 unspecified atom stereocenters. The largest absolute Gasteiger partial charge is 0.385 e. The molecule has 0 spiro atoms. The number of hydrogen-bond acceptors (Lipinski definition) is 3. The van der Waals surface area contributed by atoms with Crippen LogP contribution in [-0.4, -0.2) is 22.0 Å². The molecule has 0 aromatic carbocycles. The van der Waals surface area contributed by atoms with Crippen molar-refractivity contribution in [2.75, 3.05) is 0 Å². The Morgan fingerprint density at radius 3 is 2.38 bits per heavy atom. The molecule has 3 heteroatoms. The van der Waals surface area contributed by atoms with Crippen molar-refractivity contribution in [2.45, 2.75) is 39.2 Å². The zero-order valence-corrected chi connectivity index (χ0v) is 9.89. The SMILES string of the molecule is CCC(CC)C(O)C(=O)Cc1ccncc1. The van der Waals surface area contributed by atoms with E-state index in [2.05, 4.69) is 4.98 Å². The van der Waals surface area contributed by atoms with Gasteiger partial charge in [-0.25, -0.2) is 0 Å². The molecule has 0 saturated carbocycles. The van der Waals surface area contributed by atoms with E-state index >= 15 is 0 Å². The van der Waals surface area contributed by atoms with E-state index in [1.807, 2.05) is 13.8 Å². The highest BCUT2D eigenvalue weighted by molar-refractivity contribution is 5.85. The second-order valence-electron chi connectivity index (χ2n) is 4.02. The highest BCUT2D eigenvalue weighted by Gasteiger charge is 2.22. The Morgan fingerprint density at radius 1 is 1.31 bits per heavy atom. The van der Waals surface area contributed by atoms with Gasteiger partial charge in [-0.2, -0.15) is 0 Å². The average molecular weight is 221 g/mol. The maximum Gasteiger partial charge on any atom is 0.165 e. The van der Waals surface area contributed by atoms with Gasteiger partial charge in [0.05, 0.1) is 0 Å². The van der Waals surface area contributed by atoms with Crippen molar-refractivity contribution >= 4 is 5.78 Å². The van der Waals surface area contributed by atoms with E-state index in [0.717, 1.165) is 18.4 Å². The maximum atomic E-state index is 11.8. The Morgan fingerprint density at radius 2 is 1.88 bits per heavy atom. The molecule has 0 bridgehead atoms. The molecule has 0 aliphatic heterocycles. The van der Waals surface area contributed by atoms with Gasteiger partial charge in [0.2, 0.25) is 0 Å². The fourth-order valence-corrected chi connectivity index (χ4v) is 1.80. The van der Waals surface area contributed by atoms with Gasteiger partial charge in [-0.05, 0) is 23.6 Å². The van der Waals surface area contributed by atoms with Crippen molar-refractivity contribution in [2.24, 2.45) is 5.92 Å². The topological polar surface area (TPSA) is 50.2 Å². The predicted octanol–water partition coefficient (Wildman–Crippen LogP) is 1.99. The van der Waals surface area contributed by atoms with Crippen molar-refractivity contribution in [1.29, 1.82) is 0 Å². The van der Waals surface area contributed by atoms with Gasteiger partial charge in [-0.15, -0.1) is 0 Å². The van der Waals surface area contributed by atoms with Crippen molar-refractivity contribution in [3.63, 3.8) is 0 Å². The monoisotopic (exact) mass is 221 g/mol. The number of pyridine rings is 1. The second kappa shape index (κ2) is 6.38. The minimum Gasteiger partial charge on any atom is -0.385 e. The van der Waals surface area contributed by atoms with Crippen LogP contribution >= 0.6 is 0 Å². The van der Waals surface area contributed by atoms with Gasteiger partial charge in [-0.3, -0.25) is 9.78 Å². The molecule has 0 saturated heterocycles. The molecule has 0 fully saturated rings. The van der Waals surface area contributed by atoms with Crippen LogP contribution in [0.1, 0.15) is 32.3 Å². The quantitative estimate of drug-likeness (QED) is 0.799. The van der Waals surface area contributed by atoms with E-state index in [4.69, 9.17) is 0 Å². The van der Waals surface area contributed by atoms with Crippen molar-refractivity contribution in [3.05, 3.63) is 30.1 Å². The van der Waals surface area contributed by atoms with E-state index in [0.29, 0.717) is 6.42 Å². The first-order chi connectivity index (χ1) is 7.69. The number of aliphatic hydroxyl groups excluding tert-OH is 1. The number of nitrogens with zero attached hydrogens (tertiary/aromatic N) is 1. The summed E-state index contributed by atoms with van der Waals surface area (Å²) in [4.78, 5) is 15.7. The molecule has 1 rings (SSSR count). The molecule has 1 atom stereocenters. The molecule has 0 radical (unpaired) electrons. The Bertz CT molecular complexity index is 320. The third-order valence-corrected chi connectivity index (χ3v) is 2.95. The zero-order chi connectivity index (χ0) is 12.0. The zero-order valence-electron chi connectivity index (χ0n) is 9.89. The lowest BCUT2D eigenvalue weighted by atomic mass is 9.91. The highest BCUT2D eigenvalue weighted by atomic mass is 16.3. The summed E-state index contributed by atoms with van der Waals surface area (Å²) in [6.45, 7) is 3.99. The van der Waals surface area contributed by atoms with Crippen LogP contribution in [0, 0.1) is 5.92 Å². The number of rotatable bonds is 6. The first-order valence-electron chi connectivity index (χ1n) is 5.78. The molecule has 1 aromatic heterocycles. The Labute approximate surface area is 96.5 Å². The number of aliphatic hydroxyl groups is 1. The Balaban J connectivity index is 2.58. The lowest BCUT2D eigenvalue weighted by Crippen LogP contribution is -2.30.